The van der Waals surface area contributed by atoms with Crippen LogP contribution in [0.3, 0.4) is 0 Å². The van der Waals surface area contributed by atoms with Crippen LogP contribution in [0.25, 0.3) is 0 Å². The molecule has 0 aromatic carbocycles. The van der Waals surface area contributed by atoms with Gasteiger partial charge < -0.3 is 5.11 Å². The first-order valence-electron chi connectivity index (χ1n) is 3.25. The molecule has 3 nitrogen and oxygen atoms in total. The molecule has 0 amide bonds. The highest BCUT2D eigenvalue weighted by atomic mass is 32.1. The molecule has 4 heteroatoms. The van der Waals surface area contributed by atoms with Crippen LogP contribution in [-0.2, 0) is 0 Å². The average molecular weight is 170 g/mol. The smallest absolute Gasteiger partial charge is 0.112 e. The minimum absolute atomic E-state index is 0.602. The van der Waals surface area contributed by atoms with Gasteiger partial charge in [-0.15, -0.1) is 5.10 Å². The van der Waals surface area contributed by atoms with Gasteiger partial charge in [-0.05, 0) is 31.0 Å². The standard InChI is InChI=1S/C7H10N2OS/c1-4(2)6(10)7-5(3)8-9-11-7/h6,10H,1H2,2-3H3. The molecule has 0 fully saturated rings. The van der Waals surface area contributed by atoms with E-state index < -0.39 is 6.10 Å². The number of aliphatic hydroxyl groups is 1. The van der Waals surface area contributed by atoms with Crippen molar-refractivity contribution in [1.29, 1.82) is 0 Å². The van der Waals surface area contributed by atoms with Gasteiger partial charge in [0.2, 0.25) is 0 Å². The van der Waals surface area contributed by atoms with Crippen molar-refractivity contribution >= 4 is 11.5 Å². The minimum atomic E-state index is -0.602. The van der Waals surface area contributed by atoms with Crippen LogP contribution in [-0.4, -0.2) is 14.7 Å². The van der Waals surface area contributed by atoms with Crippen LogP contribution in [0.1, 0.15) is 23.6 Å². The molecule has 1 aromatic heterocycles. The Morgan fingerprint density at radius 2 is 2.36 bits per heavy atom. The molecule has 0 radical (unpaired) electrons. The zero-order valence-corrected chi connectivity index (χ0v) is 7.35. The third-order valence-corrected chi connectivity index (χ3v) is 2.28. The second-order valence-electron chi connectivity index (χ2n) is 2.47. The maximum Gasteiger partial charge on any atom is 0.112 e. The molecular weight excluding hydrogens is 160 g/mol. The van der Waals surface area contributed by atoms with E-state index in [4.69, 9.17) is 0 Å². The molecule has 0 saturated carbocycles. The summed E-state index contributed by atoms with van der Waals surface area (Å²) in [5, 5.41) is 13.3. The monoisotopic (exact) mass is 170 g/mol. The van der Waals surface area contributed by atoms with E-state index in [1.54, 1.807) is 6.92 Å². The van der Waals surface area contributed by atoms with Crippen molar-refractivity contribution in [2.24, 2.45) is 0 Å². The molecule has 0 spiro atoms. The van der Waals surface area contributed by atoms with Crippen LogP contribution >= 0.6 is 11.5 Å². The van der Waals surface area contributed by atoms with Gasteiger partial charge in [-0.25, -0.2) is 0 Å². The normalized spacial score (nSPS) is 13.0. The van der Waals surface area contributed by atoms with E-state index >= 15 is 0 Å². The molecular formula is C7H10N2OS. The lowest BCUT2D eigenvalue weighted by Crippen LogP contribution is -1.96. The van der Waals surface area contributed by atoms with Crippen molar-refractivity contribution in [1.82, 2.24) is 9.59 Å². The fraction of sp³-hybridized carbons (Fsp3) is 0.429. The second kappa shape index (κ2) is 3.11. The Labute approximate surface area is 69.5 Å². The highest BCUT2D eigenvalue weighted by Gasteiger charge is 2.13. The molecule has 1 N–H and O–H groups in total. The molecule has 1 rings (SSSR count). The number of rotatable bonds is 2. The van der Waals surface area contributed by atoms with Gasteiger partial charge in [-0.2, -0.15) is 0 Å². The minimum Gasteiger partial charge on any atom is -0.383 e. The van der Waals surface area contributed by atoms with E-state index in [0.717, 1.165) is 16.1 Å². The molecule has 0 aliphatic rings. The lowest BCUT2D eigenvalue weighted by Gasteiger charge is -2.06. The molecule has 11 heavy (non-hydrogen) atoms. The van der Waals surface area contributed by atoms with Crippen LogP contribution in [0, 0.1) is 6.92 Å². The number of aromatic nitrogens is 2. The van der Waals surface area contributed by atoms with Crippen molar-refractivity contribution in [3.63, 3.8) is 0 Å². The first-order valence-corrected chi connectivity index (χ1v) is 4.02. The fourth-order valence-electron chi connectivity index (χ4n) is 0.713. The van der Waals surface area contributed by atoms with E-state index in [-0.39, 0.29) is 0 Å². The quantitative estimate of drug-likeness (QED) is 0.683. The predicted molar refractivity (Wildman–Crippen MR) is 44.4 cm³/mol. The largest absolute Gasteiger partial charge is 0.383 e. The van der Waals surface area contributed by atoms with Crippen LogP contribution in [0.2, 0.25) is 0 Å². The zero-order valence-electron chi connectivity index (χ0n) is 6.53. The summed E-state index contributed by atoms with van der Waals surface area (Å²) < 4.78 is 3.72. The Hall–Kier alpha value is -0.740. The lowest BCUT2D eigenvalue weighted by molar-refractivity contribution is 0.219. The summed E-state index contributed by atoms with van der Waals surface area (Å²) in [7, 11) is 0. The molecule has 1 aromatic rings. The highest BCUT2D eigenvalue weighted by molar-refractivity contribution is 7.05. The third kappa shape index (κ3) is 1.64. The van der Waals surface area contributed by atoms with Gasteiger partial charge in [0.1, 0.15) is 6.10 Å². The van der Waals surface area contributed by atoms with Crippen molar-refractivity contribution in [3.05, 3.63) is 22.7 Å². The van der Waals surface area contributed by atoms with E-state index in [0.29, 0.717) is 0 Å². The van der Waals surface area contributed by atoms with E-state index in [9.17, 15) is 5.11 Å². The number of hydrogen-bond acceptors (Lipinski definition) is 4. The van der Waals surface area contributed by atoms with Gasteiger partial charge in [0.25, 0.3) is 0 Å². The van der Waals surface area contributed by atoms with Crippen molar-refractivity contribution in [2.75, 3.05) is 0 Å². The van der Waals surface area contributed by atoms with Gasteiger partial charge >= 0.3 is 0 Å². The van der Waals surface area contributed by atoms with Crippen molar-refractivity contribution in [3.8, 4) is 0 Å². The summed E-state index contributed by atoms with van der Waals surface area (Å²) in [6.45, 7) is 7.26. The zero-order chi connectivity index (χ0) is 8.43. The first-order chi connectivity index (χ1) is 5.13. The number of aryl methyl sites for hydroxylation is 1. The molecule has 1 unspecified atom stereocenters. The molecule has 0 saturated heterocycles. The Morgan fingerprint density at radius 3 is 2.73 bits per heavy atom. The molecule has 0 aliphatic carbocycles. The molecule has 0 aliphatic heterocycles. The first kappa shape index (κ1) is 8.36. The van der Waals surface area contributed by atoms with Gasteiger partial charge in [0, 0.05) is 0 Å². The fourth-order valence-corrected chi connectivity index (χ4v) is 1.44. The molecule has 1 atom stereocenters. The summed E-state index contributed by atoms with van der Waals surface area (Å²) in [6, 6.07) is 0. The van der Waals surface area contributed by atoms with E-state index in [2.05, 4.69) is 16.2 Å². The molecule has 0 bridgehead atoms. The average Bonchev–Trinajstić information content (AvgIpc) is 2.33. The van der Waals surface area contributed by atoms with E-state index in [1.165, 1.54) is 11.5 Å². The van der Waals surface area contributed by atoms with Crippen LogP contribution in [0.15, 0.2) is 12.2 Å². The SMILES string of the molecule is C=C(C)C(O)c1snnc1C. The van der Waals surface area contributed by atoms with Crippen LogP contribution in [0.5, 0.6) is 0 Å². The van der Waals surface area contributed by atoms with Crippen LogP contribution < -0.4 is 0 Å². The summed E-state index contributed by atoms with van der Waals surface area (Å²) in [4.78, 5) is 0.789. The van der Waals surface area contributed by atoms with Crippen LogP contribution in [0.4, 0.5) is 0 Å². The van der Waals surface area contributed by atoms with Crippen molar-refractivity contribution < 1.29 is 5.11 Å². The van der Waals surface area contributed by atoms with Gasteiger partial charge in [-0.1, -0.05) is 11.1 Å². The summed E-state index contributed by atoms with van der Waals surface area (Å²) in [5.74, 6) is 0. The highest BCUT2D eigenvalue weighted by Crippen LogP contribution is 2.24. The summed E-state index contributed by atoms with van der Waals surface area (Å²) in [5.41, 5.74) is 1.50. The Balaban J connectivity index is 2.92. The molecule has 60 valence electrons. The second-order valence-corrected chi connectivity index (χ2v) is 3.26. The lowest BCUT2D eigenvalue weighted by atomic mass is 10.1. The van der Waals surface area contributed by atoms with E-state index in [1.807, 2.05) is 6.92 Å². The summed E-state index contributed by atoms with van der Waals surface area (Å²) in [6.07, 6.45) is -0.602. The van der Waals surface area contributed by atoms with Gasteiger partial charge in [0.05, 0.1) is 10.6 Å². The summed E-state index contributed by atoms with van der Waals surface area (Å²) >= 11 is 1.21. The Bertz CT molecular complexity index is 269. The van der Waals surface area contributed by atoms with Crippen molar-refractivity contribution in [2.45, 2.75) is 20.0 Å². The van der Waals surface area contributed by atoms with Gasteiger partial charge in [-0.3, -0.25) is 0 Å². The Kier molecular flexibility index (Phi) is 2.36. The third-order valence-electron chi connectivity index (χ3n) is 1.40. The topological polar surface area (TPSA) is 46.0 Å². The maximum absolute atomic E-state index is 9.50. The maximum atomic E-state index is 9.50. The molecule has 1 heterocycles. The predicted octanol–water partition coefficient (Wildman–Crippen LogP) is 1.46. The number of nitrogens with zero attached hydrogens (tertiary/aromatic N) is 2. The number of hydrogen-bond donors (Lipinski definition) is 1. The van der Waals surface area contributed by atoms with Gasteiger partial charge in [0.15, 0.2) is 0 Å². The number of aliphatic hydroxyl groups excluding tert-OH is 1. The Morgan fingerprint density at radius 1 is 1.73 bits per heavy atom.